The van der Waals surface area contributed by atoms with E-state index in [1.807, 2.05) is 49.4 Å². The van der Waals surface area contributed by atoms with Crippen molar-refractivity contribution < 1.29 is 4.42 Å². The summed E-state index contributed by atoms with van der Waals surface area (Å²) in [5.41, 5.74) is 3.53. The Hall–Kier alpha value is -2.73. The van der Waals surface area contributed by atoms with Crippen LogP contribution in [0.5, 0.6) is 0 Å². The third-order valence-corrected chi connectivity index (χ3v) is 3.40. The van der Waals surface area contributed by atoms with Gasteiger partial charge in [-0.3, -0.25) is 0 Å². The van der Waals surface area contributed by atoms with E-state index in [9.17, 15) is 0 Å². The van der Waals surface area contributed by atoms with Gasteiger partial charge in [-0.15, -0.1) is 0 Å². The van der Waals surface area contributed by atoms with Crippen LogP contribution in [0.1, 0.15) is 16.9 Å². The van der Waals surface area contributed by atoms with Crippen LogP contribution in [0.25, 0.3) is 11.0 Å². The number of nitrogens with zero attached hydrogens (tertiary/aromatic N) is 1. The molecule has 0 bridgehead atoms. The number of rotatable bonds is 3. The molecule has 3 aromatic rings. The van der Waals surface area contributed by atoms with E-state index in [2.05, 4.69) is 17.5 Å². The molecule has 98 valence electrons. The smallest absolute Gasteiger partial charge is 0.134 e. The van der Waals surface area contributed by atoms with Crippen LogP contribution in [-0.4, -0.2) is 0 Å². The second kappa shape index (κ2) is 5.10. The van der Waals surface area contributed by atoms with Gasteiger partial charge in [0.1, 0.15) is 17.4 Å². The first-order valence-corrected chi connectivity index (χ1v) is 6.49. The van der Waals surface area contributed by atoms with Crippen molar-refractivity contribution in [2.75, 3.05) is 5.32 Å². The summed E-state index contributed by atoms with van der Waals surface area (Å²) in [6, 6.07) is 17.7. The van der Waals surface area contributed by atoms with Gasteiger partial charge in [0, 0.05) is 17.5 Å². The van der Waals surface area contributed by atoms with Crippen molar-refractivity contribution in [3.8, 4) is 6.07 Å². The van der Waals surface area contributed by atoms with E-state index in [1.165, 1.54) is 0 Å². The molecule has 1 aromatic heterocycles. The Morgan fingerprint density at radius 2 is 1.85 bits per heavy atom. The van der Waals surface area contributed by atoms with E-state index in [1.54, 1.807) is 0 Å². The van der Waals surface area contributed by atoms with Gasteiger partial charge < -0.3 is 9.73 Å². The van der Waals surface area contributed by atoms with Gasteiger partial charge >= 0.3 is 0 Å². The number of hydrogen-bond acceptors (Lipinski definition) is 3. The Labute approximate surface area is 117 Å². The minimum atomic E-state index is 0.640. The molecule has 0 aliphatic carbocycles. The first-order chi connectivity index (χ1) is 9.79. The minimum absolute atomic E-state index is 0.640. The molecule has 3 rings (SSSR count). The third-order valence-electron chi connectivity index (χ3n) is 3.40. The van der Waals surface area contributed by atoms with Crippen LogP contribution in [0.4, 0.5) is 5.69 Å². The summed E-state index contributed by atoms with van der Waals surface area (Å²) < 4.78 is 5.74. The fourth-order valence-corrected chi connectivity index (χ4v) is 2.36. The summed E-state index contributed by atoms with van der Waals surface area (Å²) in [5.74, 6) is 0.910. The first-order valence-electron chi connectivity index (χ1n) is 6.49. The van der Waals surface area contributed by atoms with Crippen molar-refractivity contribution in [1.29, 1.82) is 5.26 Å². The molecule has 3 heteroatoms. The van der Waals surface area contributed by atoms with Crippen LogP contribution in [-0.2, 0) is 6.54 Å². The van der Waals surface area contributed by atoms with Crippen molar-refractivity contribution in [3.05, 3.63) is 65.4 Å². The van der Waals surface area contributed by atoms with Crippen molar-refractivity contribution in [2.24, 2.45) is 0 Å². The number of furan rings is 1. The molecule has 0 amide bonds. The molecule has 0 saturated carbocycles. The fraction of sp³-hybridized carbons (Fsp3) is 0.118. The fourth-order valence-electron chi connectivity index (χ4n) is 2.36. The normalized spacial score (nSPS) is 10.4. The molecule has 2 aromatic carbocycles. The summed E-state index contributed by atoms with van der Waals surface area (Å²) in [6.45, 7) is 2.61. The highest BCUT2D eigenvalue weighted by Crippen LogP contribution is 2.26. The third kappa shape index (κ3) is 2.12. The number of hydrogen-bond donors (Lipinski definition) is 1. The Morgan fingerprint density at radius 1 is 1.10 bits per heavy atom. The lowest BCUT2D eigenvalue weighted by molar-refractivity contribution is 0.573. The Balaban J connectivity index is 1.91. The lowest BCUT2D eigenvalue weighted by Crippen LogP contribution is -2.01. The number of aryl methyl sites for hydroxylation is 1. The van der Waals surface area contributed by atoms with Crippen molar-refractivity contribution in [1.82, 2.24) is 0 Å². The van der Waals surface area contributed by atoms with Gasteiger partial charge in [-0.25, -0.2) is 0 Å². The molecule has 0 unspecified atom stereocenters. The number of nitriles is 1. The maximum atomic E-state index is 9.09. The predicted molar refractivity (Wildman–Crippen MR) is 79.4 cm³/mol. The second-order valence-corrected chi connectivity index (χ2v) is 4.64. The zero-order valence-corrected chi connectivity index (χ0v) is 11.2. The highest BCUT2D eigenvalue weighted by molar-refractivity contribution is 5.82. The maximum absolute atomic E-state index is 9.09. The van der Waals surface area contributed by atoms with Crippen molar-refractivity contribution in [2.45, 2.75) is 13.5 Å². The van der Waals surface area contributed by atoms with Gasteiger partial charge in [0.25, 0.3) is 0 Å². The van der Waals surface area contributed by atoms with E-state index in [4.69, 9.17) is 9.68 Å². The van der Waals surface area contributed by atoms with Crippen LogP contribution < -0.4 is 5.32 Å². The van der Waals surface area contributed by atoms with Gasteiger partial charge in [0.15, 0.2) is 0 Å². The molecular weight excluding hydrogens is 248 g/mol. The zero-order chi connectivity index (χ0) is 13.9. The number of benzene rings is 2. The molecule has 0 atom stereocenters. The molecule has 0 saturated heterocycles. The maximum Gasteiger partial charge on any atom is 0.134 e. The summed E-state index contributed by atoms with van der Waals surface area (Å²) in [7, 11) is 0. The number of para-hydroxylation sites is 2. The highest BCUT2D eigenvalue weighted by Gasteiger charge is 2.10. The molecule has 3 nitrogen and oxygen atoms in total. The van der Waals surface area contributed by atoms with Gasteiger partial charge in [-0.2, -0.15) is 5.26 Å². The summed E-state index contributed by atoms with van der Waals surface area (Å²) in [6.07, 6.45) is 0. The molecule has 0 spiro atoms. The Bertz CT molecular complexity index is 796. The monoisotopic (exact) mass is 262 g/mol. The topological polar surface area (TPSA) is 49.0 Å². The highest BCUT2D eigenvalue weighted by atomic mass is 16.3. The number of anilines is 1. The molecule has 0 aliphatic rings. The van der Waals surface area contributed by atoms with Gasteiger partial charge in [-0.1, -0.05) is 30.3 Å². The Kier molecular flexibility index (Phi) is 3.14. The SMILES string of the molecule is Cc1oc2ccccc2c1CNc1ccccc1C#N. The Morgan fingerprint density at radius 3 is 2.70 bits per heavy atom. The van der Waals surface area contributed by atoms with Crippen LogP contribution in [0, 0.1) is 18.3 Å². The summed E-state index contributed by atoms with van der Waals surface area (Å²) in [5, 5.41) is 13.5. The predicted octanol–water partition coefficient (Wildman–Crippen LogP) is 4.23. The molecule has 0 radical (unpaired) electrons. The first kappa shape index (κ1) is 12.3. The molecule has 1 heterocycles. The van der Waals surface area contributed by atoms with Gasteiger partial charge in [-0.05, 0) is 25.1 Å². The van der Waals surface area contributed by atoms with E-state index in [0.717, 1.165) is 28.0 Å². The zero-order valence-electron chi connectivity index (χ0n) is 11.2. The number of nitrogens with one attached hydrogen (secondary N) is 1. The van der Waals surface area contributed by atoms with Crippen molar-refractivity contribution >= 4 is 16.7 Å². The number of fused-ring (bicyclic) bond motifs is 1. The van der Waals surface area contributed by atoms with Gasteiger partial charge in [0.05, 0.1) is 11.3 Å². The van der Waals surface area contributed by atoms with E-state index in [0.29, 0.717) is 12.1 Å². The van der Waals surface area contributed by atoms with E-state index >= 15 is 0 Å². The van der Waals surface area contributed by atoms with E-state index in [-0.39, 0.29) is 0 Å². The van der Waals surface area contributed by atoms with Crippen LogP contribution in [0.2, 0.25) is 0 Å². The standard InChI is InChI=1S/C17H14N2O/c1-12-15(14-7-3-5-9-17(14)20-12)11-19-16-8-4-2-6-13(16)10-18/h2-9,19H,11H2,1H3. The van der Waals surface area contributed by atoms with E-state index < -0.39 is 0 Å². The van der Waals surface area contributed by atoms with Crippen LogP contribution >= 0.6 is 0 Å². The van der Waals surface area contributed by atoms with Crippen LogP contribution in [0.3, 0.4) is 0 Å². The largest absolute Gasteiger partial charge is 0.461 e. The molecule has 1 N–H and O–H groups in total. The average molecular weight is 262 g/mol. The van der Waals surface area contributed by atoms with Gasteiger partial charge in [0.2, 0.25) is 0 Å². The molecular formula is C17H14N2O. The molecule has 0 aliphatic heterocycles. The lowest BCUT2D eigenvalue weighted by atomic mass is 10.1. The van der Waals surface area contributed by atoms with Crippen LogP contribution in [0.15, 0.2) is 52.9 Å². The minimum Gasteiger partial charge on any atom is -0.461 e. The van der Waals surface area contributed by atoms with Crippen molar-refractivity contribution in [3.63, 3.8) is 0 Å². The quantitative estimate of drug-likeness (QED) is 0.768. The average Bonchev–Trinajstić information content (AvgIpc) is 2.81. The second-order valence-electron chi connectivity index (χ2n) is 4.64. The molecule has 20 heavy (non-hydrogen) atoms. The summed E-state index contributed by atoms with van der Waals surface area (Å²) in [4.78, 5) is 0. The lowest BCUT2D eigenvalue weighted by Gasteiger charge is -2.07. The molecule has 0 fully saturated rings. The summed E-state index contributed by atoms with van der Waals surface area (Å²) >= 11 is 0.